The van der Waals surface area contributed by atoms with Crippen LogP contribution in [0.1, 0.15) is 33.3 Å². The molecule has 0 heterocycles. The van der Waals surface area contributed by atoms with Gasteiger partial charge in [0.05, 0.1) is 6.10 Å². The summed E-state index contributed by atoms with van der Waals surface area (Å²) in [7, 11) is 1.58. The molecule has 1 amide bonds. The zero-order chi connectivity index (χ0) is 19.7. The number of alkyl carbamates (subject to hydrolysis) is 1. The van der Waals surface area contributed by atoms with Gasteiger partial charge in [0, 0.05) is 20.1 Å². The van der Waals surface area contributed by atoms with E-state index in [1.165, 1.54) is 6.92 Å². The summed E-state index contributed by atoms with van der Waals surface area (Å²) < 4.78 is 16.0. The molecule has 1 aromatic rings. The Morgan fingerprint density at radius 1 is 1.19 bits per heavy atom. The highest BCUT2D eigenvalue weighted by Gasteiger charge is 2.27. The van der Waals surface area contributed by atoms with E-state index in [0.717, 1.165) is 5.56 Å². The Morgan fingerprint density at radius 3 is 2.35 bits per heavy atom. The summed E-state index contributed by atoms with van der Waals surface area (Å²) in [5.74, 6) is -0.560. The van der Waals surface area contributed by atoms with Gasteiger partial charge >= 0.3 is 12.1 Å². The molecule has 0 aromatic heterocycles. The quantitative estimate of drug-likeness (QED) is 0.649. The number of amides is 1. The van der Waals surface area contributed by atoms with Crippen molar-refractivity contribution >= 4 is 12.1 Å². The van der Waals surface area contributed by atoms with Gasteiger partial charge in [0.15, 0.2) is 0 Å². The van der Waals surface area contributed by atoms with Crippen LogP contribution in [0.2, 0.25) is 0 Å². The second kappa shape index (κ2) is 10.1. The summed E-state index contributed by atoms with van der Waals surface area (Å²) in [5.41, 5.74) is 5.79. The lowest BCUT2D eigenvalue weighted by Crippen LogP contribution is -2.46. The van der Waals surface area contributed by atoms with Gasteiger partial charge in [-0.05, 0) is 33.3 Å². The van der Waals surface area contributed by atoms with Crippen molar-refractivity contribution in [2.75, 3.05) is 13.7 Å². The average Bonchev–Trinajstić information content (AvgIpc) is 2.59. The molecule has 0 aliphatic rings. The van der Waals surface area contributed by atoms with Crippen molar-refractivity contribution in [3.05, 3.63) is 35.9 Å². The molecule has 7 heteroatoms. The van der Waals surface area contributed by atoms with Crippen molar-refractivity contribution in [2.45, 2.75) is 58.0 Å². The van der Waals surface area contributed by atoms with Gasteiger partial charge in [-0.25, -0.2) is 9.59 Å². The monoisotopic (exact) mass is 366 g/mol. The number of esters is 1. The summed E-state index contributed by atoms with van der Waals surface area (Å²) in [5, 5.41) is 2.45. The van der Waals surface area contributed by atoms with E-state index in [4.69, 9.17) is 19.9 Å². The van der Waals surface area contributed by atoms with Crippen molar-refractivity contribution in [1.29, 1.82) is 0 Å². The molecule has 7 nitrogen and oxygen atoms in total. The number of hydrogen-bond acceptors (Lipinski definition) is 6. The zero-order valence-corrected chi connectivity index (χ0v) is 16.2. The molecule has 146 valence electrons. The van der Waals surface area contributed by atoms with Crippen molar-refractivity contribution in [3.8, 4) is 0 Å². The number of methoxy groups -OCH3 is 1. The van der Waals surface area contributed by atoms with Crippen LogP contribution in [0.25, 0.3) is 0 Å². The third kappa shape index (κ3) is 7.41. The van der Waals surface area contributed by atoms with Crippen LogP contribution in [0.4, 0.5) is 4.79 Å². The largest absolute Gasteiger partial charge is 0.458 e. The van der Waals surface area contributed by atoms with E-state index in [-0.39, 0.29) is 12.6 Å². The Hall–Kier alpha value is -2.12. The maximum Gasteiger partial charge on any atom is 0.408 e. The van der Waals surface area contributed by atoms with Gasteiger partial charge in [-0.15, -0.1) is 0 Å². The van der Waals surface area contributed by atoms with Crippen molar-refractivity contribution in [3.63, 3.8) is 0 Å². The van der Waals surface area contributed by atoms with E-state index in [0.29, 0.717) is 6.42 Å². The van der Waals surface area contributed by atoms with Gasteiger partial charge in [0.2, 0.25) is 0 Å². The first-order chi connectivity index (χ1) is 12.2. The second-order valence-corrected chi connectivity index (χ2v) is 6.83. The van der Waals surface area contributed by atoms with Gasteiger partial charge in [-0.3, -0.25) is 0 Å². The molecular formula is C19H30N2O5. The number of nitrogens with one attached hydrogen (secondary N) is 1. The summed E-state index contributed by atoms with van der Waals surface area (Å²) in [6, 6.07) is 8.94. The topological polar surface area (TPSA) is 99.9 Å². The molecule has 0 aliphatic carbocycles. The third-order valence-corrected chi connectivity index (χ3v) is 3.96. The minimum atomic E-state index is -0.854. The lowest BCUT2D eigenvalue weighted by molar-refractivity contribution is -0.156. The molecule has 0 unspecified atom stereocenters. The van der Waals surface area contributed by atoms with Gasteiger partial charge in [-0.1, -0.05) is 30.3 Å². The predicted molar refractivity (Wildman–Crippen MR) is 98.7 cm³/mol. The van der Waals surface area contributed by atoms with Crippen LogP contribution in [-0.4, -0.2) is 49.6 Å². The first-order valence-corrected chi connectivity index (χ1v) is 8.65. The van der Waals surface area contributed by atoms with Crippen LogP contribution < -0.4 is 11.1 Å². The van der Waals surface area contributed by atoms with E-state index in [9.17, 15) is 9.59 Å². The predicted octanol–water partition coefficient (Wildman–Crippen LogP) is 2.03. The Morgan fingerprint density at radius 2 is 1.81 bits per heavy atom. The number of nitrogens with two attached hydrogens (primary N) is 1. The van der Waals surface area contributed by atoms with Crippen molar-refractivity contribution in [2.24, 2.45) is 5.73 Å². The van der Waals surface area contributed by atoms with Crippen molar-refractivity contribution in [1.82, 2.24) is 5.32 Å². The maximum absolute atomic E-state index is 12.2. The summed E-state index contributed by atoms with van der Waals surface area (Å²) in [6.45, 7) is 6.84. The lowest BCUT2D eigenvalue weighted by atomic mass is 10.0. The van der Waals surface area contributed by atoms with E-state index >= 15 is 0 Å². The molecule has 0 fully saturated rings. The summed E-state index contributed by atoms with van der Waals surface area (Å²) in [4.78, 5) is 24.1. The van der Waals surface area contributed by atoms with E-state index in [2.05, 4.69) is 5.32 Å². The first-order valence-electron chi connectivity index (χ1n) is 8.65. The maximum atomic E-state index is 12.2. The molecule has 0 saturated heterocycles. The van der Waals surface area contributed by atoms with Gasteiger partial charge in [0.1, 0.15) is 17.7 Å². The van der Waals surface area contributed by atoms with E-state index in [1.54, 1.807) is 27.9 Å². The highest BCUT2D eigenvalue weighted by atomic mass is 16.6. The van der Waals surface area contributed by atoms with E-state index in [1.807, 2.05) is 30.3 Å². The molecule has 1 aromatic carbocycles. The van der Waals surface area contributed by atoms with Gasteiger partial charge < -0.3 is 25.3 Å². The summed E-state index contributed by atoms with van der Waals surface area (Å²) in [6.07, 6.45) is -0.879. The van der Waals surface area contributed by atoms with Crippen LogP contribution >= 0.6 is 0 Å². The third-order valence-electron chi connectivity index (χ3n) is 3.96. The standard InChI is InChI=1S/C19H30N2O5/c1-13(21-18(23)26-19(3,4)12-20)17(22)25-14(2)16(24-5)11-15-9-7-6-8-10-15/h6-10,13-14,16H,11-12,20H2,1-5H3,(H,21,23)/t13-,14-,16+/m0/s1. The molecule has 1 rings (SSSR count). The smallest absolute Gasteiger partial charge is 0.408 e. The number of rotatable bonds is 9. The van der Waals surface area contributed by atoms with Crippen LogP contribution in [0.5, 0.6) is 0 Å². The first kappa shape index (κ1) is 21.9. The number of ether oxygens (including phenoxy) is 3. The highest BCUT2D eigenvalue weighted by molar-refractivity contribution is 5.81. The Balaban J connectivity index is 2.54. The normalized spacial score (nSPS) is 14.8. The Kier molecular flexibility index (Phi) is 8.54. The van der Waals surface area contributed by atoms with Crippen LogP contribution in [0, 0.1) is 0 Å². The fraction of sp³-hybridized carbons (Fsp3) is 0.579. The fourth-order valence-corrected chi connectivity index (χ4v) is 2.21. The fourth-order valence-electron chi connectivity index (χ4n) is 2.21. The number of carbonyl (C=O) groups excluding carboxylic acids is 2. The molecule has 0 radical (unpaired) electrons. The Labute approximate surface area is 155 Å². The van der Waals surface area contributed by atoms with Crippen LogP contribution in [0.3, 0.4) is 0 Å². The van der Waals surface area contributed by atoms with Gasteiger partial charge in [0.25, 0.3) is 0 Å². The molecular weight excluding hydrogens is 336 g/mol. The molecule has 0 saturated carbocycles. The molecule has 26 heavy (non-hydrogen) atoms. The SMILES string of the molecule is CO[C@H](Cc1ccccc1)[C@H](C)OC(=O)[C@H](C)NC(=O)OC(C)(C)CN. The Bertz CT molecular complexity index is 577. The zero-order valence-electron chi connectivity index (χ0n) is 16.2. The van der Waals surface area contributed by atoms with Gasteiger partial charge in [-0.2, -0.15) is 0 Å². The molecule has 0 spiro atoms. The van der Waals surface area contributed by atoms with E-state index < -0.39 is 29.8 Å². The molecule has 3 N–H and O–H groups in total. The van der Waals surface area contributed by atoms with Crippen LogP contribution in [-0.2, 0) is 25.4 Å². The molecule has 0 aliphatic heterocycles. The van der Waals surface area contributed by atoms with Crippen LogP contribution in [0.15, 0.2) is 30.3 Å². The molecule has 0 bridgehead atoms. The summed E-state index contributed by atoms with van der Waals surface area (Å²) >= 11 is 0. The van der Waals surface area contributed by atoms with Crippen molar-refractivity contribution < 1.29 is 23.8 Å². The lowest BCUT2D eigenvalue weighted by Gasteiger charge is -2.26. The second-order valence-electron chi connectivity index (χ2n) is 6.83. The number of benzene rings is 1. The number of hydrogen-bond donors (Lipinski definition) is 2. The highest BCUT2D eigenvalue weighted by Crippen LogP contribution is 2.12. The molecule has 3 atom stereocenters. The minimum Gasteiger partial charge on any atom is -0.458 e. The minimum absolute atomic E-state index is 0.172. The number of carbonyl (C=O) groups is 2. The average molecular weight is 366 g/mol.